The molecule has 0 amide bonds. The molecule has 2 rings (SSSR count). The van der Waals surface area contributed by atoms with Gasteiger partial charge in [-0.15, -0.1) is 0 Å². The first kappa shape index (κ1) is 13.9. The molecule has 4 heteroatoms. The minimum Gasteiger partial charge on any atom is -0.495 e. The van der Waals surface area contributed by atoms with Crippen LogP contribution in [0.1, 0.15) is 16.7 Å². The van der Waals surface area contributed by atoms with Crippen molar-refractivity contribution >= 4 is 5.69 Å². The van der Waals surface area contributed by atoms with E-state index in [4.69, 9.17) is 10.00 Å². The smallest absolute Gasteiger partial charge is 0.136 e. The summed E-state index contributed by atoms with van der Waals surface area (Å²) in [5.41, 5.74) is 2.95. The molecule has 0 atom stereocenters. The van der Waals surface area contributed by atoms with Crippen LogP contribution in [0, 0.1) is 24.1 Å². The second-order valence-electron chi connectivity index (χ2n) is 4.46. The Hall–Kier alpha value is -2.54. The monoisotopic (exact) mass is 270 g/mol. The Morgan fingerprint density at radius 3 is 2.70 bits per heavy atom. The zero-order valence-electron chi connectivity index (χ0n) is 11.4. The number of hydrogen-bond donors (Lipinski definition) is 1. The maximum atomic E-state index is 13.2. The van der Waals surface area contributed by atoms with Crippen LogP contribution in [0.2, 0.25) is 0 Å². The van der Waals surface area contributed by atoms with Gasteiger partial charge in [-0.3, -0.25) is 0 Å². The summed E-state index contributed by atoms with van der Waals surface area (Å²) < 4.78 is 18.3. The maximum absolute atomic E-state index is 13.2. The van der Waals surface area contributed by atoms with Crippen LogP contribution in [-0.2, 0) is 6.54 Å². The fourth-order valence-corrected chi connectivity index (χ4v) is 1.90. The molecule has 0 aliphatic carbocycles. The summed E-state index contributed by atoms with van der Waals surface area (Å²) in [6.07, 6.45) is 0. The van der Waals surface area contributed by atoms with Gasteiger partial charge >= 0.3 is 0 Å². The van der Waals surface area contributed by atoms with E-state index in [0.717, 1.165) is 11.3 Å². The van der Waals surface area contributed by atoms with E-state index in [-0.39, 0.29) is 5.82 Å². The Morgan fingerprint density at radius 2 is 2.05 bits per heavy atom. The number of hydrogen-bond acceptors (Lipinski definition) is 3. The van der Waals surface area contributed by atoms with Crippen LogP contribution in [0.4, 0.5) is 10.1 Å². The van der Waals surface area contributed by atoms with Crippen molar-refractivity contribution in [1.82, 2.24) is 0 Å². The van der Waals surface area contributed by atoms with Crippen LogP contribution in [0.25, 0.3) is 0 Å². The van der Waals surface area contributed by atoms with Gasteiger partial charge in [0.2, 0.25) is 0 Å². The van der Waals surface area contributed by atoms with E-state index >= 15 is 0 Å². The van der Waals surface area contributed by atoms with Crippen molar-refractivity contribution in [1.29, 1.82) is 5.26 Å². The molecule has 1 N–H and O–H groups in total. The van der Waals surface area contributed by atoms with E-state index in [2.05, 4.69) is 11.4 Å². The second kappa shape index (κ2) is 6.07. The highest BCUT2D eigenvalue weighted by Crippen LogP contribution is 2.20. The first-order valence-corrected chi connectivity index (χ1v) is 6.21. The topological polar surface area (TPSA) is 45.0 Å². The summed E-state index contributed by atoms with van der Waals surface area (Å²) in [5, 5.41) is 12.1. The van der Waals surface area contributed by atoms with Gasteiger partial charge in [-0.05, 0) is 48.4 Å². The van der Waals surface area contributed by atoms with Gasteiger partial charge in [0.15, 0.2) is 0 Å². The number of nitriles is 1. The lowest BCUT2D eigenvalue weighted by Gasteiger charge is -2.10. The standard InChI is InChI=1S/C16H15FN2O/c1-11-7-14(5-6-15(11)17)19-10-12-3-4-13(9-18)16(8-12)20-2/h3-8,19H,10H2,1-2H3. The predicted molar refractivity (Wildman–Crippen MR) is 76.2 cm³/mol. The zero-order chi connectivity index (χ0) is 14.5. The van der Waals surface area contributed by atoms with Crippen LogP contribution >= 0.6 is 0 Å². The number of nitrogens with zero attached hydrogens (tertiary/aromatic N) is 1. The molecule has 0 radical (unpaired) electrons. The van der Waals surface area contributed by atoms with E-state index in [1.54, 1.807) is 25.1 Å². The Morgan fingerprint density at radius 1 is 1.25 bits per heavy atom. The van der Waals surface area contributed by atoms with Crippen LogP contribution < -0.4 is 10.1 Å². The molecule has 0 aliphatic rings. The quantitative estimate of drug-likeness (QED) is 0.922. The molecule has 20 heavy (non-hydrogen) atoms. The Bertz CT molecular complexity index is 662. The molecule has 0 fully saturated rings. The Labute approximate surface area is 117 Å². The maximum Gasteiger partial charge on any atom is 0.136 e. The van der Waals surface area contributed by atoms with Crippen molar-refractivity contribution < 1.29 is 9.13 Å². The minimum atomic E-state index is -0.212. The molecule has 0 aliphatic heterocycles. The van der Waals surface area contributed by atoms with Crippen LogP contribution in [0.5, 0.6) is 5.75 Å². The fourth-order valence-electron chi connectivity index (χ4n) is 1.90. The third kappa shape index (κ3) is 3.07. The molecule has 0 heterocycles. The van der Waals surface area contributed by atoms with E-state index in [1.165, 1.54) is 13.2 Å². The van der Waals surface area contributed by atoms with Gasteiger partial charge in [0.25, 0.3) is 0 Å². The largest absolute Gasteiger partial charge is 0.495 e. The van der Waals surface area contributed by atoms with E-state index in [1.807, 2.05) is 12.1 Å². The third-order valence-corrected chi connectivity index (χ3v) is 3.04. The number of anilines is 1. The molecule has 0 bridgehead atoms. The number of rotatable bonds is 4. The van der Waals surface area contributed by atoms with Crippen molar-refractivity contribution in [2.75, 3.05) is 12.4 Å². The Balaban J connectivity index is 2.11. The van der Waals surface area contributed by atoms with Crippen molar-refractivity contribution in [2.24, 2.45) is 0 Å². The number of benzene rings is 2. The van der Waals surface area contributed by atoms with Gasteiger partial charge in [-0.25, -0.2) is 4.39 Å². The normalized spacial score (nSPS) is 9.90. The van der Waals surface area contributed by atoms with Gasteiger partial charge < -0.3 is 10.1 Å². The molecule has 3 nitrogen and oxygen atoms in total. The Kier molecular flexibility index (Phi) is 4.21. The first-order valence-electron chi connectivity index (χ1n) is 6.21. The molecular weight excluding hydrogens is 255 g/mol. The lowest BCUT2D eigenvalue weighted by Crippen LogP contribution is -2.01. The van der Waals surface area contributed by atoms with E-state index in [9.17, 15) is 4.39 Å². The number of methoxy groups -OCH3 is 1. The highest BCUT2D eigenvalue weighted by atomic mass is 19.1. The van der Waals surface area contributed by atoms with Gasteiger partial charge in [0.05, 0.1) is 12.7 Å². The number of halogens is 1. The molecule has 0 saturated carbocycles. The highest BCUT2D eigenvalue weighted by Gasteiger charge is 2.04. The average Bonchev–Trinajstić information content (AvgIpc) is 2.48. The molecule has 0 unspecified atom stereocenters. The van der Waals surface area contributed by atoms with Crippen molar-refractivity contribution in [3.63, 3.8) is 0 Å². The fraction of sp³-hybridized carbons (Fsp3) is 0.188. The molecule has 2 aromatic rings. The van der Waals surface area contributed by atoms with E-state index in [0.29, 0.717) is 23.4 Å². The SMILES string of the molecule is COc1cc(CNc2ccc(F)c(C)c2)ccc1C#N. The second-order valence-corrected chi connectivity index (χ2v) is 4.46. The lowest BCUT2D eigenvalue weighted by atomic mass is 10.1. The highest BCUT2D eigenvalue weighted by molar-refractivity contribution is 5.49. The summed E-state index contributed by atoms with van der Waals surface area (Å²) in [7, 11) is 1.54. The molecule has 2 aromatic carbocycles. The van der Waals surface area contributed by atoms with Crippen molar-refractivity contribution in [3.05, 3.63) is 58.9 Å². The van der Waals surface area contributed by atoms with Gasteiger partial charge in [0.1, 0.15) is 17.6 Å². The average molecular weight is 270 g/mol. The number of nitrogens with one attached hydrogen (secondary N) is 1. The number of ether oxygens (including phenoxy) is 1. The summed E-state index contributed by atoms with van der Waals surface area (Å²) in [6, 6.07) is 12.4. The van der Waals surface area contributed by atoms with E-state index < -0.39 is 0 Å². The van der Waals surface area contributed by atoms with Crippen molar-refractivity contribution in [2.45, 2.75) is 13.5 Å². The number of aryl methyl sites for hydroxylation is 1. The summed E-state index contributed by atoms with van der Waals surface area (Å²) >= 11 is 0. The van der Waals surface area contributed by atoms with Gasteiger partial charge in [0, 0.05) is 12.2 Å². The molecule has 0 saturated heterocycles. The lowest BCUT2D eigenvalue weighted by molar-refractivity contribution is 0.413. The molecule has 0 aromatic heterocycles. The summed E-state index contributed by atoms with van der Waals surface area (Å²) in [4.78, 5) is 0. The summed E-state index contributed by atoms with van der Waals surface area (Å²) in [6.45, 7) is 2.30. The van der Waals surface area contributed by atoms with Crippen LogP contribution in [0.3, 0.4) is 0 Å². The van der Waals surface area contributed by atoms with Gasteiger partial charge in [-0.2, -0.15) is 5.26 Å². The zero-order valence-corrected chi connectivity index (χ0v) is 11.4. The van der Waals surface area contributed by atoms with Gasteiger partial charge in [-0.1, -0.05) is 6.07 Å². The first-order chi connectivity index (χ1) is 9.63. The van der Waals surface area contributed by atoms with Crippen molar-refractivity contribution in [3.8, 4) is 11.8 Å². The summed E-state index contributed by atoms with van der Waals surface area (Å²) in [5.74, 6) is 0.345. The molecule has 0 spiro atoms. The third-order valence-electron chi connectivity index (χ3n) is 3.04. The molecular formula is C16H15FN2O. The predicted octanol–water partition coefficient (Wildman–Crippen LogP) is 3.63. The van der Waals surface area contributed by atoms with Crippen LogP contribution in [0.15, 0.2) is 36.4 Å². The molecule has 102 valence electrons. The van der Waals surface area contributed by atoms with Crippen LogP contribution in [-0.4, -0.2) is 7.11 Å². The minimum absolute atomic E-state index is 0.212.